The average molecular weight is 658 g/mol. The fourth-order valence-electron chi connectivity index (χ4n) is 6.94. The first-order valence-electron chi connectivity index (χ1n) is 16.9. The zero-order valence-electron chi connectivity index (χ0n) is 28.4. The fourth-order valence-corrected chi connectivity index (χ4v) is 6.94. The molecule has 3 heterocycles. The first-order valence-corrected chi connectivity index (χ1v) is 16.9. The summed E-state index contributed by atoms with van der Waals surface area (Å²) < 4.78 is 4.58. The molecule has 0 aliphatic rings. The highest BCUT2D eigenvalue weighted by Crippen LogP contribution is 2.35. The molecule has 0 unspecified atom stereocenters. The van der Waals surface area contributed by atoms with E-state index in [1.807, 2.05) is 67.6 Å². The van der Waals surface area contributed by atoms with Gasteiger partial charge >= 0.3 is 0 Å². The molecule has 0 bridgehead atoms. The maximum atomic E-state index is 5.13. The summed E-state index contributed by atoms with van der Waals surface area (Å²) in [6, 6.07) is 42.1. The highest BCUT2D eigenvalue weighted by atomic mass is 15.0. The first-order chi connectivity index (χ1) is 25.1. The standard InChI is InChI=1S/C46H35N5/c1-5-17-32(18-6-2)44-47-45(33-20-9-8-10-21-33)49-46(48-44)34-28-35(50-40(19-7-3)31(4)37-22-11-14-25-41(37)50)30-36(29-34)51-42-26-15-12-23-38(42)39-24-13-16-27-43(39)51/h5-30H,1,3-4H2,2H3/b18-6-,32-17+,40-19+. The third-order valence-corrected chi connectivity index (χ3v) is 9.12. The van der Waals surface area contributed by atoms with Gasteiger partial charge in [0.15, 0.2) is 17.5 Å². The molecule has 0 spiro atoms. The smallest absolute Gasteiger partial charge is 0.164 e. The van der Waals surface area contributed by atoms with Crippen molar-refractivity contribution in [3.63, 3.8) is 0 Å². The van der Waals surface area contributed by atoms with Crippen LogP contribution in [-0.4, -0.2) is 24.1 Å². The predicted molar refractivity (Wildman–Crippen MR) is 214 cm³/mol. The number of hydrogen-bond acceptors (Lipinski definition) is 3. The molecule has 0 amide bonds. The minimum Gasteiger partial charge on any atom is -0.309 e. The molecule has 0 radical (unpaired) electrons. The van der Waals surface area contributed by atoms with E-state index in [9.17, 15) is 0 Å². The Balaban J connectivity index is 1.50. The molecule has 5 heteroatoms. The van der Waals surface area contributed by atoms with Crippen LogP contribution in [0.1, 0.15) is 12.7 Å². The maximum Gasteiger partial charge on any atom is 0.164 e. The van der Waals surface area contributed by atoms with Crippen LogP contribution in [0.5, 0.6) is 0 Å². The second kappa shape index (κ2) is 13.2. The second-order valence-electron chi connectivity index (χ2n) is 12.3. The summed E-state index contributed by atoms with van der Waals surface area (Å²) >= 11 is 0. The minimum absolute atomic E-state index is 0.558. The van der Waals surface area contributed by atoms with Crippen molar-refractivity contribution in [1.29, 1.82) is 0 Å². The molecule has 5 aromatic carbocycles. The first kappa shape index (κ1) is 31.4. The quantitative estimate of drug-likeness (QED) is 0.153. The Kier molecular flexibility index (Phi) is 8.14. The number of rotatable bonds is 8. The van der Waals surface area contributed by atoms with Crippen LogP contribution in [-0.2, 0) is 0 Å². The van der Waals surface area contributed by atoms with E-state index in [1.54, 1.807) is 6.08 Å². The molecule has 0 fully saturated rings. The van der Waals surface area contributed by atoms with E-state index in [0.29, 0.717) is 17.5 Å². The van der Waals surface area contributed by atoms with Gasteiger partial charge in [0.25, 0.3) is 0 Å². The third kappa shape index (κ3) is 5.51. The normalized spacial score (nSPS) is 12.4. The lowest BCUT2D eigenvalue weighted by atomic mass is 10.1. The number of hydrogen-bond donors (Lipinski definition) is 0. The number of fused-ring (bicyclic) bond motifs is 4. The van der Waals surface area contributed by atoms with E-state index in [4.69, 9.17) is 15.0 Å². The van der Waals surface area contributed by atoms with E-state index < -0.39 is 0 Å². The molecule has 51 heavy (non-hydrogen) atoms. The lowest BCUT2D eigenvalue weighted by Gasteiger charge is -2.16. The van der Waals surface area contributed by atoms with Crippen LogP contribution in [0.3, 0.4) is 0 Å². The summed E-state index contributed by atoms with van der Waals surface area (Å²) in [4.78, 5) is 15.2. The molecular weight excluding hydrogens is 623 g/mol. The number of para-hydroxylation sites is 3. The van der Waals surface area contributed by atoms with Gasteiger partial charge in [0.05, 0.1) is 21.9 Å². The van der Waals surface area contributed by atoms with Crippen molar-refractivity contribution < 1.29 is 0 Å². The zero-order chi connectivity index (χ0) is 34.9. The van der Waals surface area contributed by atoms with Crippen LogP contribution in [0.4, 0.5) is 0 Å². The largest absolute Gasteiger partial charge is 0.309 e. The Hall–Kier alpha value is -6.85. The monoisotopic (exact) mass is 657 g/mol. The maximum absolute atomic E-state index is 5.13. The van der Waals surface area contributed by atoms with Crippen molar-refractivity contribution in [1.82, 2.24) is 24.1 Å². The van der Waals surface area contributed by atoms with Crippen molar-refractivity contribution in [2.45, 2.75) is 6.92 Å². The van der Waals surface area contributed by atoms with E-state index in [2.05, 4.69) is 120 Å². The molecule has 3 aromatic heterocycles. The molecule has 8 aromatic rings. The number of aromatic nitrogens is 5. The van der Waals surface area contributed by atoms with Gasteiger partial charge in [-0.05, 0) is 49.4 Å². The van der Waals surface area contributed by atoms with Crippen molar-refractivity contribution in [2.24, 2.45) is 0 Å². The van der Waals surface area contributed by atoms with Crippen LogP contribution >= 0.6 is 0 Å². The summed E-state index contributed by atoms with van der Waals surface area (Å²) in [6.45, 7) is 14.5. The summed E-state index contributed by atoms with van der Waals surface area (Å²) in [7, 11) is 0. The van der Waals surface area contributed by atoms with E-state index >= 15 is 0 Å². The summed E-state index contributed by atoms with van der Waals surface area (Å²) in [6.07, 6.45) is 11.5. The average Bonchev–Trinajstić information content (AvgIpc) is 3.66. The Bertz CT molecular complexity index is 2760. The molecule has 0 aliphatic heterocycles. The molecule has 244 valence electrons. The van der Waals surface area contributed by atoms with Gasteiger partial charge in [-0.2, -0.15) is 0 Å². The number of allylic oxidation sites excluding steroid dienone is 6. The van der Waals surface area contributed by atoms with Crippen LogP contribution in [0.25, 0.3) is 85.1 Å². The van der Waals surface area contributed by atoms with Crippen LogP contribution < -0.4 is 10.6 Å². The van der Waals surface area contributed by atoms with Crippen LogP contribution in [0, 0.1) is 0 Å². The Morgan fingerprint density at radius 2 is 1.14 bits per heavy atom. The summed E-state index contributed by atoms with van der Waals surface area (Å²) in [5.74, 6) is 1.71. The molecule has 0 N–H and O–H groups in total. The highest BCUT2D eigenvalue weighted by molar-refractivity contribution is 6.09. The van der Waals surface area contributed by atoms with Gasteiger partial charge in [-0.3, -0.25) is 0 Å². The Morgan fingerprint density at radius 3 is 1.75 bits per heavy atom. The molecule has 0 saturated heterocycles. The van der Waals surface area contributed by atoms with Gasteiger partial charge in [-0.15, -0.1) is 0 Å². The van der Waals surface area contributed by atoms with Crippen LogP contribution in [0.15, 0.2) is 165 Å². The lowest BCUT2D eigenvalue weighted by Crippen LogP contribution is -2.27. The Labute approximate surface area is 296 Å². The number of nitrogens with zero attached hydrogens (tertiary/aromatic N) is 5. The highest BCUT2D eigenvalue weighted by Gasteiger charge is 2.19. The van der Waals surface area contributed by atoms with Crippen molar-refractivity contribution in [3.8, 4) is 34.2 Å². The molecule has 8 rings (SSSR count). The molecule has 0 saturated carbocycles. The topological polar surface area (TPSA) is 48.5 Å². The van der Waals surface area contributed by atoms with Crippen LogP contribution in [0.2, 0.25) is 0 Å². The zero-order valence-corrected chi connectivity index (χ0v) is 28.4. The Morgan fingerprint density at radius 1 is 0.588 bits per heavy atom. The van der Waals surface area contributed by atoms with Crippen molar-refractivity contribution in [3.05, 3.63) is 181 Å². The fraction of sp³-hybridized carbons (Fsp3) is 0.0217. The molecule has 0 aliphatic carbocycles. The van der Waals surface area contributed by atoms with E-state index in [1.165, 1.54) is 10.8 Å². The summed E-state index contributed by atoms with van der Waals surface area (Å²) in [5, 5.41) is 5.35. The number of benzene rings is 5. The SMILES string of the molecule is C=C/C=C(\C=C/C)c1nc(-c2ccccc2)nc(-c2cc(-n3/c(=C/C=C)c(=C)c4ccccc43)cc(-n3c4ccccc4c4ccccc43)c2)n1. The van der Waals surface area contributed by atoms with Gasteiger partial charge < -0.3 is 9.13 Å². The van der Waals surface area contributed by atoms with Crippen molar-refractivity contribution >= 4 is 50.9 Å². The summed E-state index contributed by atoms with van der Waals surface area (Å²) in [5.41, 5.74) is 7.78. The molecule has 0 atom stereocenters. The van der Waals surface area contributed by atoms with E-state index in [-0.39, 0.29) is 0 Å². The van der Waals surface area contributed by atoms with Crippen molar-refractivity contribution in [2.75, 3.05) is 0 Å². The van der Waals surface area contributed by atoms with Gasteiger partial charge in [-0.1, -0.05) is 135 Å². The van der Waals surface area contributed by atoms with Gasteiger partial charge in [0.1, 0.15) is 0 Å². The third-order valence-electron chi connectivity index (χ3n) is 9.12. The van der Waals surface area contributed by atoms with E-state index in [0.717, 1.165) is 60.6 Å². The molecule has 5 nitrogen and oxygen atoms in total. The lowest BCUT2D eigenvalue weighted by molar-refractivity contribution is 1.03. The minimum atomic E-state index is 0.558. The van der Waals surface area contributed by atoms with Gasteiger partial charge in [0, 0.05) is 49.5 Å². The predicted octanol–water partition coefficient (Wildman–Crippen LogP) is 9.77. The van der Waals surface area contributed by atoms with Gasteiger partial charge in [0.2, 0.25) is 0 Å². The molecular formula is C46H35N5. The second-order valence-corrected chi connectivity index (χ2v) is 12.3. The van der Waals surface area contributed by atoms with Gasteiger partial charge in [-0.25, -0.2) is 15.0 Å².